The van der Waals surface area contributed by atoms with Gasteiger partial charge in [0.1, 0.15) is 5.69 Å². The molecule has 13 heteroatoms. The van der Waals surface area contributed by atoms with E-state index in [0.717, 1.165) is 5.69 Å². The van der Waals surface area contributed by atoms with Crippen molar-refractivity contribution >= 4 is 44.9 Å². The van der Waals surface area contributed by atoms with E-state index >= 15 is 0 Å². The number of carbonyl (C=O) groups excluding carboxylic acids is 2. The van der Waals surface area contributed by atoms with Gasteiger partial charge in [0.15, 0.2) is 5.17 Å². The zero-order valence-corrected chi connectivity index (χ0v) is 25.9. The largest absolute Gasteiger partial charge is 0.466 e. The van der Waals surface area contributed by atoms with Crippen molar-refractivity contribution in [3.05, 3.63) is 71.3 Å². The van der Waals surface area contributed by atoms with E-state index in [4.69, 9.17) is 14.6 Å². The van der Waals surface area contributed by atoms with E-state index in [1.54, 1.807) is 35.9 Å². The number of hydrogen-bond acceptors (Lipinski definition) is 9. The summed E-state index contributed by atoms with van der Waals surface area (Å²) in [4.78, 5) is 32.2. The number of piperidine rings is 1. The predicted octanol–water partition coefficient (Wildman–Crippen LogP) is 3.81. The molecule has 4 heterocycles. The Morgan fingerprint density at radius 1 is 1.07 bits per heavy atom. The third-order valence-electron chi connectivity index (χ3n) is 7.76. The Labute approximate surface area is 260 Å². The van der Waals surface area contributed by atoms with Gasteiger partial charge in [-0.15, -0.1) is 0 Å². The molecule has 44 heavy (non-hydrogen) atoms. The van der Waals surface area contributed by atoms with Gasteiger partial charge in [0.25, 0.3) is 5.91 Å². The van der Waals surface area contributed by atoms with E-state index in [1.165, 1.54) is 16.1 Å². The number of morpholine rings is 1. The van der Waals surface area contributed by atoms with Gasteiger partial charge in [-0.1, -0.05) is 30.3 Å². The summed E-state index contributed by atoms with van der Waals surface area (Å²) in [6.07, 6.45) is 4.88. The second kappa shape index (κ2) is 13.1. The summed E-state index contributed by atoms with van der Waals surface area (Å²) >= 11 is 1.30. The number of amidine groups is 1. The number of carbonyl (C=O) groups is 2. The predicted molar refractivity (Wildman–Crippen MR) is 168 cm³/mol. The van der Waals surface area contributed by atoms with Crippen LogP contribution in [0.25, 0.3) is 23.0 Å². The van der Waals surface area contributed by atoms with Gasteiger partial charge in [0.05, 0.1) is 41.2 Å². The summed E-state index contributed by atoms with van der Waals surface area (Å²) in [5, 5.41) is 5.44. The number of thioether (sulfide) groups is 1. The molecule has 11 nitrogen and oxygen atoms in total. The molecule has 2 aromatic carbocycles. The number of ether oxygens (including phenoxy) is 2. The molecule has 1 aromatic heterocycles. The zero-order chi connectivity index (χ0) is 30.7. The average molecular weight is 636 g/mol. The molecule has 1 amide bonds. The summed E-state index contributed by atoms with van der Waals surface area (Å²) in [6, 6.07) is 16.3. The van der Waals surface area contributed by atoms with E-state index in [0.29, 0.717) is 85.7 Å². The minimum Gasteiger partial charge on any atom is -0.466 e. The lowest BCUT2D eigenvalue weighted by Crippen LogP contribution is -2.40. The van der Waals surface area contributed by atoms with Crippen molar-refractivity contribution in [1.82, 2.24) is 19.0 Å². The molecule has 0 spiro atoms. The first-order valence-corrected chi connectivity index (χ1v) is 16.9. The number of amides is 1. The molecule has 0 aliphatic carbocycles. The highest BCUT2D eigenvalue weighted by atomic mass is 32.2. The molecule has 0 atom stereocenters. The number of benzene rings is 2. The molecule has 0 saturated carbocycles. The molecular formula is C31H33N5O6S2. The fourth-order valence-electron chi connectivity index (χ4n) is 5.41. The van der Waals surface area contributed by atoms with Gasteiger partial charge < -0.3 is 14.4 Å². The first-order chi connectivity index (χ1) is 21.3. The lowest BCUT2D eigenvalue weighted by atomic mass is 9.97. The van der Waals surface area contributed by atoms with Crippen molar-refractivity contribution in [2.45, 2.75) is 24.7 Å². The van der Waals surface area contributed by atoms with Crippen LogP contribution in [0, 0.1) is 5.92 Å². The van der Waals surface area contributed by atoms with Crippen molar-refractivity contribution in [2.75, 3.05) is 46.0 Å². The second-order valence-corrected chi connectivity index (χ2v) is 13.5. The van der Waals surface area contributed by atoms with Crippen LogP contribution in [-0.2, 0) is 29.1 Å². The maximum Gasteiger partial charge on any atom is 0.309 e. The highest BCUT2D eigenvalue weighted by molar-refractivity contribution is 8.18. The molecule has 3 aliphatic rings. The van der Waals surface area contributed by atoms with Gasteiger partial charge in [-0.25, -0.2) is 13.1 Å². The quantitative estimate of drug-likeness (QED) is 0.282. The van der Waals surface area contributed by atoms with Crippen LogP contribution in [0.1, 0.15) is 25.3 Å². The van der Waals surface area contributed by atoms with E-state index in [1.807, 2.05) is 47.5 Å². The van der Waals surface area contributed by atoms with Crippen molar-refractivity contribution in [3.63, 3.8) is 0 Å². The van der Waals surface area contributed by atoms with Crippen molar-refractivity contribution in [1.29, 1.82) is 0 Å². The monoisotopic (exact) mass is 635 g/mol. The first-order valence-electron chi connectivity index (χ1n) is 14.6. The molecule has 0 N–H and O–H groups in total. The van der Waals surface area contributed by atoms with E-state index < -0.39 is 10.0 Å². The average Bonchev–Trinajstić information content (AvgIpc) is 3.65. The third kappa shape index (κ3) is 6.36. The van der Waals surface area contributed by atoms with E-state index in [9.17, 15) is 18.0 Å². The number of nitrogens with zero attached hydrogens (tertiary/aromatic N) is 5. The van der Waals surface area contributed by atoms with Gasteiger partial charge in [-0.3, -0.25) is 9.59 Å². The number of sulfonamides is 1. The molecule has 2 saturated heterocycles. The topological polar surface area (TPSA) is 123 Å². The second-order valence-electron chi connectivity index (χ2n) is 10.6. The SMILES string of the molecule is CCOC(=O)C1CCN(C2=NC(=O)/C(=C/c3cn(-c4ccccc4)nc3-c3cccc(S(=O)(=O)N4CCOCC4)c3)S2)CC1. The normalized spacial score (nSPS) is 19.4. The lowest BCUT2D eigenvalue weighted by molar-refractivity contribution is -0.149. The maximum atomic E-state index is 13.4. The first kappa shape index (κ1) is 30.3. The Balaban J connectivity index is 1.29. The fraction of sp³-hybridized carbons (Fsp3) is 0.355. The smallest absolute Gasteiger partial charge is 0.309 e. The number of hydrogen-bond donors (Lipinski definition) is 0. The molecule has 230 valence electrons. The van der Waals surface area contributed by atoms with Gasteiger partial charge >= 0.3 is 5.97 Å². The zero-order valence-electron chi connectivity index (χ0n) is 24.3. The number of likely N-dealkylation sites (tertiary alicyclic amines) is 1. The Kier molecular flexibility index (Phi) is 8.98. The summed E-state index contributed by atoms with van der Waals surface area (Å²) in [5.74, 6) is -0.660. The number of esters is 1. The van der Waals surface area contributed by atoms with Gasteiger partial charge in [0.2, 0.25) is 10.0 Å². The minimum atomic E-state index is -3.72. The van der Waals surface area contributed by atoms with Crippen LogP contribution < -0.4 is 0 Å². The third-order valence-corrected chi connectivity index (χ3v) is 10.7. The fourth-order valence-corrected chi connectivity index (χ4v) is 7.82. The molecule has 3 aliphatic heterocycles. The molecule has 0 bridgehead atoms. The lowest BCUT2D eigenvalue weighted by Gasteiger charge is -2.31. The molecular weight excluding hydrogens is 603 g/mol. The molecule has 0 radical (unpaired) electrons. The van der Waals surface area contributed by atoms with Crippen molar-refractivity contribution < 1.29 is 27.5 Å². The van der Waals surface area contributed by atoms with Crippen LogP contribution in [0.5, 0.6) is 0 Å². The summed E-state index contributed by atoms with van der Waals surface area (Å²) in [5.41, 5.74) is 2.63. The minimum absolute atomic E-state index is 0.141. The van der Waals surface area contributed by atoms with Crippen LogP contribution in [0.2, 0.25) is 0 Å². The van der Waals surface area contributed by atoms with Crippen molar-refractivity contribution in [2.24, 2.45) is 10.9 Å². The van der Waals surface area contributed by atoms with Crippen LogP contribution in [0.15, 0.2) is 75.6 Å². The molecule has 2 fully saturated rings. The van der Waals surface area contributed by atoms with E-state index in [2.05, 4.69) is 4.99 Å². The van der Waals surface area contributed by atoms with Gasteiger partial charge in [-0.05, 0) is 61.9 Å². The Morgan fingerprint density at radius 2 is 1.82 bits per heavy atom. The van der Waals surface area contributed by atoms with Crippen molar-refractivity contribution in [3.8, 4) is 16.9 Å². The Bertz CT molecular complexity index is 1710. The summed E-state index contributed by atoms with van der Waals surface area (Å²) < 4.78 is 40.5. The highest BCUT2D eigenvalue weighted by Gasteiger charge is 2.32. The number of rotatable bonds is 7. The van der Waals surface area contributed by atoms with E-state index in [-0.39, 0.29) is 22.7 Å². The van der Waals surface area contributed by atoms with Crippen LogP contribution in [0.4, 0.5) is 0 Å². The Morgan fingerprint density at radius 3 is 2.55 bits per heavy atom. The van der Waals surface area contributed by atoms with Crippen LogP contribution >= 0.6 is 11.8 Å². The number of para-hydroxylation sites is 1. The van der Waals surface area contributed by atoms with Crippen LogP contribution in [-0.4, -0.2) is 90.4 Å². The maximum absolute atomic E-state index is 13.4. The standard InChI is InChI=1S/C31H33N5O6S2/c1-2-42-30(38)22-11-13-34(14-12-22)31-32-29(37)27(43-31)20-24-21-36(25-8-4-3-5-9-25)33-28(24)23-7-6-10-26(19-23)44(39,40)35-15-17-41-18-16-35/h3-10,19-22H,2,11-18H2,1H3/b27-20-. The molecule has 6 rings (SSSR count). The molecule has 0 unspecified atom stereocenters. The van der Waals surface area contributed by atoms with Gasteiger partial charge in [-0.2, -0.15) is 14.4 Å². The Hall–Kier alpha value is -3.78. The summed E-state index contributed by atoms with van der Waals surface area (Å²) in [6.45, 7) is 4.70. The molecule has 3 aromatic rings. The number of aliphatic imine (C=N–C) groups is 1. The van der Waals surface area contributed by atoms with Gasteiger partial charge in [0, 0.05) is 43.5 Å². The summed E-state index contributed by atoms with van der Waals surface area (Å²) in [7, 11) is -3.72. The number of aromatic nitrogens is 2. The van der Waals surface area contributed by atoms with Crippen LogP contribution in [0.3, 0.4) is 0 Å². The highest BCUT2D eigenvalue weighted by Crippen LogP contribution is 2.35.